The zero-order valence-corrected chi connectivity index (χ0v) is 11.0. The molecule has 1 aromatic heterocycles. The van der Waals surface area contributed by atoms with Crippen molar-refractivity contribution in [1.82, 2.24) is 9.78 Å². The Bertz CT molecular complexity index is 441. The normalized spacial score (nSPS) is 11.4. The number of nitrogens with one attached hydrogen (secondary N) is 1. The lowest BCUT2D eigenvalue weighted by atomic mass is 10.1. The Balaban J connectivity index is 2.91. The Morgan fingerprint density at radius 2 is 2.00 bits per heavy atom. The molecule has 5 heteroatoms. The second-order valence-corrected chi connectivity index (χ2v) is 5.18. The van der Waals surface area contributed by atoms with Crippen molar-refractivity contribution >= 4 is 17.5 Å². The van der Waals surface area contributed by atoms with Crippen LogP contribution in [0.2, 0.25) is 0 Å². The zero-order chi connectivity index (χ0) is 13.2. The predicted octanol–water partition coefficient (Wildman–Crippen LogP) is 1.86. The average molecular weight is 237 g/mol. The smallest absolute Gasteiger partial charge is 0.232 e. The van der Waals surface area contributed by atoms with Crippen LogP contribution >= 0.6 is 0 Å². The van der Waals surface area contributed by atoms with E-state index in [1.807, 2.05) is 27.7 Å². The molecule has 0 radical (unpaired) electrons. The predicted molar refractivity (Wildman–Crippen MR) is 65.9 cm³/mol. The van der Waals surface area contributed by atoms with Crippen LogP contribution in [0.3, 0.4) is 0 Å². The van der Waals surface area contributed by atoms with Gasteiger partial charge in [-0.1, -0.05) is 0 Å². The molecule has 17 heavy (non-hydrogen) atoms. The minimum absolute atomic E-state index is 0.103. The molecular formula is C12H19N3O2. The minimum Gasteiger partial charge on any atom is -0.310 e. The van der Waals surface area contributed by atoms with Gasteiger partial charge in [-0.2, -0.15) is 5.10 Å². The van der Waals surface area contributed by atoms with E-state index in [0.29, 0.717) is 5.82 Å². The summed E-state index contributed by atoms with van der Waals surface area (Å²) in [5, 5.41) is 7.04. The molecule has 0 unspecified atom stereocenters. The highest BCUT2D eigenvalue weighted by atomic mass is 16.2. The summed E-state index contributed by atoms with van der Waals surface area (Å²) in [6.07, 6.45) is -0.103. The van der Waals surface area contributed by atoms with E-state index in [4.69, 9.17) is 0 Å². The highest BCUT2D eigenvalue weighted by Crippen LogP contribution is 2.21. The summed E-state index contributed by atoms with van der Waals surface area (Å²) in [5.41, 5.74) is 0.616. The third-order valence-corrected chi connectivity index (χ3v) is 2.14. The fourth-order valence-electron chi connectivity index (χ4n) is 1.51. The van der Waals surface area contributed by atoms with Gasteiger partial charge >= 0.3 is 0 Å². The second kappa shape index (κ2) is 4.69. The van der Waals surface area contributed by atoms with E-state index in [1.54, 1.807) is 10.7 Å². The van der Waals surface area contributed by atoms with Crippen LogP contribution < -0.4 is 5.32 Å². The summed E-state index contributed by atoms with van der Waals surface area (Å²) in [6.45, 7) is 9.26. The number of aryl methyl sites for hydroxylation is 1. The van der Waals surface area contributed by atoms with E-state index in [2.05, 4.69) is 10.4 Å². The van der Waals surface area contributed by atoms with Gasteiger partial charge in [0.1, 0.15) is 11.6 Å². The van der Waals surface area contributed by atoms with Gasteiger partial charge < -0.3 is 5.32 Å². The maximum atomic E-state index is 11.5. The number of rotatable bonds is 3. The highest BCUT2D eigenvalue weighted by Gasteiger charge is 2.20. The summed E-state index contributed by atoms with van der Waals surface area (Å²) >= 11 is 0. The lowest BCUT2D eigenvalue weighted by molar-refractivity contribution is -0.124. The van der Waals surface area contributed by atoms with Crippen LogP contribution in [0.4, 0.5) is 5.82 Å². The molecule has 94 valence electrons. The third kappa shape index (κ3) is 3.69. The monoisotopic (exact) mass is 237 g/mol. The molecule has 0 saturated heterocycles. The van der Waals surface area contributed by atoms with Crippen molar-refractivity contribution in [1.29, 1.82) is 0 Å². The highest BCUT2D eigenvalue weighted by molar-refractivity contribution is 6.03. The van der Waals surface area contributed by atoms with Crippen LogP contribution in [0.5, 0.6) is 0 Å². The van der Waals surface area contributed by atoms with Crippen LogP contribution in [-0.4, -0.2) is 21.5 Å². The number of anilines is 1. The molecule has 0 aliphatic rings. The van der Waals surface area contributed by atoms with Crippen LogP contribution in [0.15, 0.2) is 6.07 Å². The van der Waals surface area contributed by atoms with E-state index >= 15 is 0 Å². The lowest BCUT2D eigenvalue weighted by Gasteiger charge is -2.22. The van der Waals surface area contributed by atoms with E-state index in [0.717, 1.165) is 5.69 Å². The first kappa shape index (κ1) is 13.4. The van der Waals surface area contributed by atoms with E-state index in [9.17, 15) is 9.59 Å². The molecule has 5 nitrogen and oxygen atoms in total. The molecule has 0 spiro atoms. The molecule has 1 heterocycles. The summed E-state index contributed by atoms with van der Waals surface area (Å²) < 4.78 is 1.75. The number of amides is 1. The van der Waals surface area contributed by atoms with Gasteiger partial charge in [0, 0.05) is 6.07 Å². The summed E-state index contributed by atoms with van der Waals surface area (Å²) in [4.78, 5) is 22.4. The standard InChI is InChI=1S/C12H19N3O2/c1-8-6-10(13-11(17)7-9(2)16)15(14-8)12(3,4)5/h6H,7H2,1-5H3,(H,13,17). The fraction of sp³-hybridized carbons (Fsp3) is 0.583. The molecule has 0 bridgehead atoms. The molecule has 0 atom stereocenters. The van der Waals surface area contributed by atoms with Crippen molar-refractivity contribution in [3.05, 3.63) is 11.8 Å². The number of carbonyl (C=O) groups is 2. The van der Waals surface area contributed by atoms with Crippen LogP contribution in [0, 0.1) is 6.92 Å². The molecule has 0 aliphatic carbocycles. The molecule has 1 aromatic rings. The van der Waals surface area contributed by atoms with Gasteiger partial charge in [-0.05, 0) is 34.6 Å². The third-order valence-electron chi connectivity index (χ3n) is 2.14. The molecule has 0 aliphatic heterocycles. The molecule has 1 N–H and O–H groups in total. The number of carbonyl (C=O) groups excluding carboxylic acids is 2. The van der Waals surface area contributed by atoms with Gasteiger partial charge in [0.05, 0.1) is 17.7 Å². The maximum Gasteiger partial charge on any atom is 0.232 e. The minimum atomic E-state index is -0.303. The van der Waals surface area contributed by atoms with Crippen molar-refractivity contribution in [3.8, 4) is 0 Å². The quantitative estimate of drug-likeness (QED) is 0.816. The van der Waals surface area contributed by atoms with Crippen molar-refractivity contribution in [2.75, 3.05) is 5.32 Å². The van der Waals surface area contributed by atoms with Crippen molar-refractivity contribution < 1.29 is 9.59 Å². The van der Waals surface area contributed by atoms with Gasteiger partial charge in [0.25, 0.3) is 0 Å². The number of hydrogen-bond acceptors (Lipinski definition) is 3. The molecule has 0 aromatic carbocycles. The molecule has 0 fully saturated rings. The van der Waals surface area contributed by atoms with Crippen LogP contribution in [-0.2, 0) is 15.1 Å². The van der Waals surface area contributed by atoms with Gasteiger partial charge in [-0.25, -0.2) is 4.68 Å². The molecule has 0 saturated carbocycles. The van der Waals surface area contributed by atoms with Gasteiger partial charge in [-0.15, -0.1) is 0 Å². The molecule has 1 amide bonds. The van der Waals surface area contributed by atoms with Crippen LogP contribution in [0.25, 0.3) is 0 Å². The maximum absolute atomic E-state index is 11.5. The Morgan fingerprint density at radius 3 is 2.47 bits per heavy atom. The van der Waals surface area contributed by atoms with E-state index in [1.165, 1.54) is 6.92 Å². The largest absolute Gasteiger partial charge is 0.310 e. The SMILES string of the molecule is CC(=O)CC(=O)Nc1cc(C)nn1C(C)(C)C. The topological polar surface area (TPSA) is 64.0 Å². The number of aromatic nitrogens is 2. The Labute approximate surface area is 101 Å². The van der Waals surface area contributed by atoms with E-state index < -0.39 is 0 Å². The number of hydrogen-bond donors (Lipinski definition) is 1. The van der Waals surface area contributed by atoms with Crippen molar-refractivity contribution in [2.45, 2.75) is 46.6 Å². The Hall–Kier alpha value is -1.65. The Kier molecular flexibility index (Phi) is 3.70. The number of Topliss-reactive ketones (excluding diaryl/α,β-unsaturated/α-hetero) is 1. The van der Waals surface area contributed by atoms with Crippen molar-refractivity contribution in [2.24, 2.45) is 0 Å². The lowest BCUT2D eigenvalue weighted by Crippen LogP contribution is -2.27. The van der Waals surface area contributed by atoms with Gasteiger partial charge in [0.2, 0.25) is 5.91 Å². The first-order valence-corrected chi connectivity index (χ1v) is 5.56. The summed E-state index contributed by atoms with van der Waals surface area (Å²) in [5.74, 6) is 0.171. The first-order chi connectivity index (χ1) is 7.70. The van der Waals surface area contributed by atoms with Gasteiger partial charge in [0.15, 0.2) is 0 Å². The fourth-order valence-corrected chi connectivity index (χ4v) is 1.51. The van der Waals surface area contributed by atoms with Gasteiger partial charge in [-0.3, -0.25) is 9.59 Å². The Morgan fingerprint density at radius 1 is 1.41 bits per heavy atom. The van der Waals surface area contributed by atoms with Crippen molar-refractivity contribution in [3.63, 3.8) is 0 Å². The molecule has 1 rings (SSSR count). The summed E-state index contributed by atoms with van der Waals surface area (Å²) in [7, 11) is 0. The second-order valence-electron chi connectivity index (χ2n) is 5.18. The van der Waals surface area contributed by atoms with E-state index in [-0.39, 0.29) is 23.7 Å². The number of nitrogens with zero attached hydrogens (tertiary/aromatic N) is 2. The van der Waals surface area contributed by atoms with Crippen LogP contribution in [0.1, 0.15) is 39.8 Å². The number of ketones is 1. The molecular weight excluding hydrogens is 218 g/mol. The zero-order valence-electron chi connectivity index (χ0n) is 11.0. The summed E-state index contributed by atoms with van der Waals surface area (Å²) in [6, 6.07) is 1.79. The average Bonchev–Trinajstić information content (AvgIpc) is 2.43. The first-order valence-electron chi connectivity index (χ1n) is 5.56.